The molecule has 1 aromatic carbocycles. The summed E-state index contributed by atoms with van der Waals surface area (Å²) in [7, 11) is 0. The number of anilines is 1. The predicted octanol–water partition coefficient (Wildman–Crippen LogP) is 1.95. The van der Waals surface area contributed by atoms with Crippen LogP contribution in [-0.4, -0.2) is 18.5 Å². The van der Waals surface area contributed by atoms with E-state index in [0.717, 1.165) is 18.7 Å². The molecule has 1 amide bonds. The van der Waals surface area contributed by atoms with E-state index < -0.39 is 6.04 Å². The van der Waals surface area contributed by atoms with E-state index in [4.69, 9.17) is 5.73 Å². The van der Waals surface area contributed by atoms with Crippen molar-refractivity contribution in [3.05, 3.63) is 29.8 Å². The van der Waals surface area contributed by atoms with Crippen molar-refractivity contribution in [1.29, 1.82) is 0 Å². The Hall–Kier alpha value is -1.35. The van der Waals surface area contributed by atoms with Crippen LogP contribution >= 0.6 is 0 Å². The molecule has 3 heteroatoms. The summed E-state index contributed by atoms with van der Waals surface area (Å²) in [5.74, 6) is 0.0300. The van der Waals surface area contributed by atoms with Crippen molar-refractivity contribution < 1.29 is 4.79 Å². The van der Waals surface area contributed by atoms with Gasteiger partial charge >= 0.3 is 0 Å². The molecule has 2 rings (SSSR count). The van der Waals surface area contributed by atoms with Gasteiger partial charge in [0.2, 0.25) is 5.91 Å². The number of benzene rings is 1. The van der Waals surface area contributed by atoms with Crippen LogP contribution in [0.15, 0.2) is 24.3 Å². The number of amides is 1. The van der Waals surface area contributed by atoms with Crippen molar-refractivity contribution >= 4 is 11.6 Å². The van der Waals surface area contributed by atoms with Crippen LogP contribution in [0.3, 0.4) is 0 Å². The first-order valence-corrected chi connectivity index (χ1v) is 6.06. The van der Waals surface area contributed by atoms with E-state index in [1.807, 2.05) is 43.9 Å². The van der Waals surface area contributed by atoms with Crippen LogP contribution in [0.5, 0.6) is 0 Å². The lowest BCUT2D eigenvalue weighted by molar-refractivity contribution is -0.121. The lowest BCUT2D eigenvalue weighted by Gasteiger charge is -2.30. The first-order valence-electron chi connectivity index (χ1n) is 6.06. The largest absolute Gasteiger partial charge is 0.319 e. The fourth-order valence-electron chi connectivity index (χ4n) is 2.11. The summed E-state index contributed by atoms with van der Waals surface area (Å²) in [5.41, 5.74) is 8.10. The number of nitrogens with zero attached hydrogens (tertiary/aromatic N) is 1. The highest BCUT2D eigenvalue weighted by Crippen LogP contribution is 2.29. The Balaban J connectivity index is 2.24. The Morgan fingerprint density at radius 1 is 1.35 bits per heavy atom. The van der Waals surface area contributed by atoms with Gasteiger partial charge in [-0.05, 0) is 23.5 Å². The second-order valence-electron chi connectivity index (χ2n) is 5.71. The molecule has 0 aromatic heterocycles. The molecule has 1 atom stereocenters. The molecule has 1 aliphatic heterocycles. The number of nitrogens with two attached hydrogens (primary N) is 1. The van der Waals surface area contributed by atoms with Gasteiger partial charge in [0.25, 0.3) is 0 Å². The first kappa shape index (κ1) is 12.1. The van der Waals surface area contributed by atoms with Crippen LogP contribution in [0.4, 0.5) is 5.69 Å². The molecule has 92 valence electrons. The highest BCUT2D eigenvalue weighted by atomic mass is 16.2. The van der Waals surface area contributed by atoms with Gasteiger partial charge in [-0.25, -0.2) is 0 Å². The zero-order chi connectivity index (χ0) is 12.6. The van der Waals surface area contributed by atoms with Crippen LogP contribution in [0.2, 0.25) is 0 Å². The van der Waals surface area contributed by atoms with Crippen LogP contribution in [0.1, 0.15) is 26.3 Å². The van der Waals surface area contributed by atoms with E-state index >= 15 is 0 Å². The van der Waals surface area contributed by atoms with E-state index in [9.17, 15) is 4.79 Å². The van der Waals surface area contributed by atoms with E-state index in [-0.39, 0.29) is 11.3 Å². The Labute approximate surface area is 103 Å². The van der Waals surface area contributed by atoms with Gasteiger partial charge in [-0.1, -0.05) is 39.0 Å². The van der Waals surface area contributed by atoms with Gasteiger partial charge in [0.15, 0.2) is 0 Å². The molecular formula is C14H20N2O. The van der Waals surface area contributed by atoms with E-state index in [1.54, 1.807) is 0 Å². The van der Waals surface area contributed by atoms with Crippen molar-refractivity contribution in [1.82, 2.24) is 0 Å². The topological polar surface area (TPSA) is 46.3 Å². The van der Waals surface area contributed by atoms with Crippen LogP contribution in [-0.2, 0) is 11.2 Å². The number of fused-ring (bicyclic) bond motifs is 1. The van der Waals surface area contributed by atoms with Crippen molar-refractivity contribution in [2.24, 2.45) is 11.1 Å². The number of hydrogen-bond acceptors (Lipinski definition) is 2. The molecule has 1 aromatic rings. The molecule has 0 aliphatic carbocycles. The molecule has 1 aliphatic rings. The minimum absolute atomic E-state index is 0.0300. The van der Waals surface area contributed by atoms with E-state index in [1.165, 1.54) is 5.56 Å². The van der Waals surface area contributed by atoms with Crippen LogP contribution in [0, 0.1) is 5.41 Å². The summed E-state index contributed by atoms with van der Waals surface area (Å²) in [6.45, 7) is 6.74. The molecule has 0 fully saturated rings. The van der Waals surface area contributed by atoms with E-state index in [0.29, 0.717) is 0 Å². The quantitative estimate of drug-likeness (QED) is 0.804. The van der Waals surface area contributed by atoms with E-state index in [2.05, 4.69) is 6.07 Å². The van der Waals surface area contributed by atoms with Gasteiger partial charge < -0.3 is 10.6 Å². The molecule has 3 nitrogen and oxygen atoms in total. The summed E-state index contributed by atoms with van der Waals surface area (Å²) in [6, 6.07) is 7.60. The SMILES string of the molecule is CC(C)(C)[C@@H](N)C(=O)N1CCc2ccccc21. The van der Waals surface area contributed by atoms with Gasteiger partial charge in [0, 0.05) is 12.2 Å². The summed E-state index contributed by atoms with van der Waals surface area (Å²) in [4.78, 5) is 14.2. The zero-order valence-corrected chi connectivity index (χ0v) is 10.7. The van der Waals surface area contributed by atoms with Crippen molar-refractivity contribution in [2.75, 3.05) is 11.4 Å². The van der Waals surface area contributed by atoms with Gasteiger partial charge in [-0.3, -0.25) is 4.79 Å². The smallest absolute Gasteiger partial charge is 0.244 e. The van der Waals surface area contributed by atoms with Gasteiger partial charge in [0.05, 0.1) is 6.04 Å². The van der Waals surface area contributed by atoms with Crippen molar-refractivity contribution in [3.63, 3.8) is 0 Å². The molecule has 0 radical (unpaired) electrons. The maximum absolute atomic E-state index is 12.4. The standard InChI is InChI=1S/C14H20N2O/c1-14(2,3)12(15)13(17)16-9-8-10-6-4-5-7-11(10)16/h4-7,12H,8-9,15H2,1-3H3/t12-/m0/s1. The third-order valence-corrected chi connectivity index (χ3v) is 3.35. The molecule has 0 saturated heterocycles. The fourth-order valence-corrected chi connectivity index (χ4v) is 2.11. The average Bonchev–Trinajstić information content (AvgIpc) is 2.69. The first-order chi connectivity index (χ1) is 7.91. The Morgan fingerprint density at radius 2 is 2.00 bits per heavy atom. The molecule has 0 unspecified atom stereocenters. The number of carbonyl (C=O) groups is 1. The molecule has 1 heterocycles. The summed E-state index contributed by atoms with van der Waals surface area (Å²) >= 11 is 0. The summed E-state index contributed by atoms with van der Waals surface area (Å²) in [5, 5.41) is 0. The third kappa shape index (κ3) is 2.20. The number of carbonyl (C=O) groups excluding carboxylic acids is 1. The van der Waals surface area contributed by atoms with Crippen molar-refractivity contribution in [2.45, 2.75) is 33.2 Å². The molecule has 0 bridgehead atoms. The normalized spacial score (nSPS) is 16.8. The second kappa shape index (κ2) is 4.15. The molecule has 2 N–H and O–H groups in total. The van der Waals surface area contributed by atoms with Crippen molar-refractivity contribution in [3.8, 4) is 0 Å². The highest BCUT2D eigenvalue weighted by Gasteiger charge is 2.34. The minimum atomic E-state index is -0.450. The summed E-state index contributed by atoms with van der Waals surface area (Å²) in [6.07, 6.45) is 0.929. The molecule has 0 spiro atoms. The lowest BCUT2D eigenvalue weighted by atomic mass is 9.86. The molecule has 17 heavy (non-hydrogen) atoms. The second-order valence-corrected chi connectivity index (χ2v) is 5.71. The highest BCUT2D eigenvalue weighted by molar-refractivity contribution is 5.99. The van der Waals surface area contributed by atoms with Crippen LogP contribution < -0.4 is 10.6 Å². The number of rotatable bonds is 1. The Bertz CT molecular complexity index is 434. The minimum Gasteiger partial charge on any atom is -0.319 e. The predicted molar refractivity (Wildman–Crippen MR) is 69.9 cm³/mol. The number of para-hydroxylation sites is 1. The maximum atomic E-state index is 12.4. The average molecular weight is 232 g/mol. The zero-order valence-electron chi connectivity index (χ0n) is 10.7. The molecule has 0 saturated carbocycles. The third-order valence-electron chi connectivity index (χ3n) is 3.35. The number of hydrogen-bond donors (Lipinski definition) is 1. The van der Waals surface area contributed by atoms with Gasteiger partial charge in [-0.15, -0.1) is 0 Å². The molecular weight excluding hydrogens is 212 g/mol. The monoisotopic (exact) mass is 232 g/mol. The lowest BCUT2D eigenvalue weighted by Crippen LogP contribution is -2.50. The Kier molecular flexibility index (Phi) is 2.96. The fraction of sp³-hybridized carbons (Fsp3) is 0.500. The Morgan fingerprint density at radius 3 is 2.65 bits per heavy atom. The summed E-state index contributed by atoms with van der Waals surface area (Å²) < 4.78 is 0. The van der Waals surface area contributed by atoms with Gasteiger partial charge in [-0.2, -0.15) is 0 Å². The maximum Gasteiger partial charge on any atom is 0.244 e. The van der Waals surface area contributed by atoms with Crippen LogP contribution in [0.25, 0.3) is 0 Å². The van der Waals surface area contributed by atoms with Gasteiger partial charge in [0.1, 0.15) is 0 Å².